The van der Waals surface area contributed by atoms with E-state index in [0.717, 1.165) is 25.7 Å². The molecule has 0 bridgehead atoms. The fraction of sp³-hybridized carbons (Fsp3) is 0.500. The maximum absolute atomic E-state index is 12.7. The number of hydrogen-bond acceptors (Lipinski definition) is 2. The van der Waals surface area contributed by atoms with Gasteiger partial charge in [-0.05, 0) is 49.9 Å². The van der Waals surface area contributed by atoms with E-state index in [1.807, 2.05) is 0 Å². The monoisotopic (exact) mass is 210 g/mol. The fourth-order valence-corrected chi connectivity index (χ4v) is 2.06. The lowest BCUT2D eigenvalue weighted by molar-refractivity contribution is 0.0151. The standard InChI is InChI=1S/C12H15FO2/c13-10-3-5-11(6-4-10)15-12(9-14)7-1-2-8-12/h3-6,14H,1-2,7-9H2. The van der Waals surface area contributed by atoms with Crippen LogP contribution in [0.5, 0.6) is 5.75 Å². The molecule has 1 N–H and O–H groups in total. The lowest BCUT2D eigenvalue weighted by Gasteiger charge is -2.28. The number of ether oxygens (including phenoxy) is 1. The largest absolute Gasteiger partial charge is 0.485 e. The van der Waals surface area contributed by atoms with Gasteiger partial charge in [0, 0.05) is 0 Å². The SMILES string of the molecule is OCC1(Oc2ccc(F)cc2)CCCC1. The molecule has 1 aliphatic carbocycles. The van der Waals surface area contributed by atoms with Crippen molar-refractivity contribution in [2.45, 2.75) is 31.3 Å². The quantitative estimate of drug-likeness (QED) is 0.830. The highest BCUT2D eigenvalue weighted by Crippen LogP contribution is 2.33. The van der Waals surface area contributed by atoms with E-state index in [1.165, 1.54) is 12.1 Å². The van der Waals surface area contributed by atoms with Crippen molar-refractivity contribution in [2.24, 2.45) is 0 Å². The first-order chi connectivity index (χ1) is 7.24. The summed E-state index contributed by atoms with van der Waals surface area (Å²) in [6.07, 6.45) is 3.92. The lowest BCUT2D eigenvalue weighted by atomic mass is 10.0. The highest BCUT2D eigenvalue weighted by Gasteiger charge is 2.35. The van der Waals surface area contributed by atoms with E-state index in [2.05, 4.69) is 0 Å². The molecule has 2 rings (SSSR count). The van der Waals surface area contributed by atoms with Crippen molar-refractivity contribution in [2.75, 3.05) is 6.61 Å². The maximum Gasteiger partial charge on any atom is 0.132 e. The van der Waals surface area contributed by atoms with Crippen LogP contribution >= 0.6 is 0 Å². The van der Waals surface area contributed by atoms with Crippen LogP contribution in [0.4, 0.5) is 4.39 Å². The summed E-state index contributed by atoms with van der Waals surface area (Å²) < 4.78 is 18.4. The second kappa shape index (κ2) is 4.19. The van der Waals surface area contributed by atoms with E-state index in [-0.39, 0.29) is 12.4 Å². The zero-order chi connectivity index (χ0) is 10.7. The molecule has 0 amide bonds. The van der Waals surface area contributed by atoms with Crippen molar-refractivity contribution in [3.05, 3.63) is 30.1 Å². The van der Waals surface area contributed by atoms with Crippen LogP contribution in [0.15, 0.2) is 24.3 Å². The van der Waals surface area contributed by atoms with Crippen molar-refractivity contribution >= 4 is 0 Å². The topological polar surface area (TPSA) is 29.5 Å². The number of benzene rings is 1. The van der Waals surface area contributed by atoms with Gasteiger partial charge >= 0.3 is 0 Å². The zero-order valence-corrected chi connectivity index (χ0v) is 8.58. The number of aliphatic hydroxyl groups excluding tert-OH is 1. The Balaban J connectivity index is 2.09. The Hall–Kier alpha value is -1.09. The minimum atomic E-state index is -0.433. The van der Waals surface area contributed by atoms with Gasteiger partial charge in [-0.25, -0.2) is 4.39 Å². The molecule has 0 unspecified atom stereocenters. The molecule has 1 fully saturated rings. The molecule has 0 saturated heterocycles. The van der Waals surface area contributed by atoms with E-state index >= 15 is 0 Å². The van der Waals surface area contributed by atoms with Gasteiger partial charge in [-0.1, -0.05) is 0 Å². The Bertz CT molecular complexity index is 315. The summed E-state index contributed by atoms with van der Waals surface area (Å²) in [4.78, 5) is 0. The van der Waals surface area contributed by atoms with Crippen LogP contribution in [0.2, 0.25) is 0 Å². The van der Waals surface area contributed by atoms with Gasteiger partial charge in [0.05, 0.1) is 6.61 Å². The summed E-state index contributed by atoms with van der Waals surface area (Å²) in [7, 11) is 0. The molecule has 1 aliphatic rings. The molecule has 0 heterocycles. The predicted octanol–water partition coefficient (Wildman–Crippen LogP) is 2.51. The number of aliphatic hydroxyl groups is 1. The van der Waals surface area contributed by atoms with E-state index in [4.69, 9.17) is 4.74 Å². The second-order valence-electron chi connectivity index (χ2n) is 4.10. The Morgan fingerprint density at radius 3 is 2.33 bits per heavy atom. The Morgan fingerprint density at radius 1 is 1.20 bits per heavy atom. The molecular weight excluding hydrogens is 195 g/mol. The minimum Gasteiger partial charge on any atom is -0.485 e. The van der Waals surface area contributed by atoms with Gasteiger partial charge in [-0.3, -0.25) is 0 Å². The molecular formula is C12H15FO2. The maximum atomic E-state index is 12.7. The highest BCUT2D eigenvalue weighted by atomic mass is 19.1. The molecule has 1 aromatic carbocycles. The lowest BCUT2D eigenvalue weighted by Crippen LogP contribution is -2.36. The summed E-state index contributed by atoms with van der Waals surface area (Å²) in [6, 6.07) is 5.95. The van der Waals surface area contributed by atoms with Crippen molar-refractivity contribution in [3.63, 3.8) is 0 Å². The van der Waals surface area contributed by atoms with E-state index < -0.39 is 5.60 Å². The van der Waals surface area contributed by atoms with Crippen LogP contribution < -0.4 is 4.74 Å². The average Bonchev–Trinajstić information content (AvgIpc) is 2.71. The van der Waals surface area contributed by atoms with E-state index in [1.54, 1.807) is 12.1 Å². The van der Waals surface area contributed by atoms with E-state index in [0.29, 0.717) is 5.75 Å². The first kappa shape index (κ1) is 10.4. The second-order valence-corrected chi connectivity index (χ2v) is 4.10. The van der Waals surface area contributed by atoms with Crippen LogP contribution in [-0.2, 0) is 0 Å². The number of halogens is 1. The minimum absolute atomic E-state index is 0.0321. The van der Waals surface area contributed by atoms with Gasteiger partial charge in [0.1, 0.15) is 17.2 Å². The van der Waals surface area contributed by atoms with Gasteiger partial charge < -0.3 is 9.84 Å². The summed E-state index contributed by atoms with van der Waals surface area (Å²) in [6.45, 7) is 0.0321. The zero-order valence-electron chi connectivity index (χ0n) is 8.58. The summed E-state index contributed by atoms with van der Waals surface area (Å²) in [5.41, 5.74) is -0.433. The number of hydrogen-bond donors (Lipinski definition) is 1. The number of rotatable bonds is 3. The average molecular weight is 210 g/mol. The molecule has 3 heteroatoms. The van der Waals surface area contributed by atoms with Crippen LogP contribution in [0.1, 0.15) is 25.7 Å². The van der Waals surface area contributed by atoms with Crippen LogP contribution in [-0.4, -0.2) is 17.3 Å². The molecule has 1 saturated carbocycles. The van der Waals surface area contributed by atoms with Crippen LogP contribution in [0, 0.1) is 5.82 Å². The third kappa shape index (κ3) is 2.29. The van der Waals surface area contributed by atoms with Crippen molar-refractivity contribution in [3.8, 4) is 5.75 Å². The van der Waals surface area contributed by atoms with Crippen molar-refractivity contribution < 1.29 is 14.2 Å². The first-order valence-electron chi connectivity index (χ1n) is 5.30. The molecule has 0 radical (unpaired) electrons. The van der Waals surface area contributed by atoms with Gasteiger partial charge in [0.25, 0.3) is 0 Å². The smallest absolute Gasteiger partial charge is 0.132 e. The molecule has 0 spiro atoms. The van der Waals surface area contributed by atoms with Crippen molar-refractivity contribution in [1.82, 2.24) is 0 Å². The Morgan fingerprint density at radius 2 is 1.80 bits per heavy atom. The molecule has 15 heavy (non-hydrogen) atoms. The molecule has 0 aliphatic heterocycles. The van der Waals surface area contributed by atoms with Crippen molar-refractivity contribution in [1.29, 1.82) is 0 Å². The van der Waals surface area contributed by atoms with Gasteiger partial charge in [0.2, 0.25) is 0 Å². The van der Waals surface area contributed by atoms with Crippen LogP contribution in [0.3, 0.4) is 0 Å². The highest BCUT2D eigenvalue weighted by molar-refractivity contribution is 5.23. The molecule has 1 aromatic rings. The first-order valence-corrected chi connectivity index (χ1v) is 5.30. The third-order valence-corrected chi connectivity index (χ3v) is 2.95. The fourth-order valence-electron chi connectivity index (χ4n) is 2.06. The molecule has 82 valence electrons. The summed E-state index contributed by atoms with van der Waals surface area (Å²) in [5.74, 6) is 0.360. The summed E-state index contributed by atoms with van der Waals surface area (Å²) in [5, 5.41) is 9.33. The van der Waals surface area contributed by atoms with E-state index in [9.17, 15) is 9.50 Å². The normalized spacial score (nSPS) is 19.1. The Kier molecular flexibility index (Phi) is 2.91. The van der Waals surface area contributed by atoms with Gasteiger partial charge in [-0.2, -0.15) is 0 Å². The Labute approximate surface area is 88.7 Å². The predicted molar refractivity (Wildman–Crippen MR) is 55.3 cm³/mol. The third-order valence-electron chi connectivity index (χ3n) is 2.95. The van der Waals surface area contributed by atoms with Gasteiger partial charge in [0.15, 0.2) is 0 Å². The summed E-state index contributed by atoms with van der Waals surface area (Å²) >= 11 is 0. The van der Waals surface area contributed by atoms with Gasteiger partial charge in [-0.15, -0.1) is 0 Å². The molecule has 0 aromatic heterocycles. The molecule has 0 atom stereocenters. The van der Waals surface area contributed by atoms with Crippen LogP contribution in [0.25, 0.3) is 0 Å². The molecule has 2 nitrogen and oxygen atoms in total.